The lowest BCUT2D eigenvalue weighted by atomic mass is 9.76. The second-order valence-electron chi connectivity index (χ2n) is 8.13. The summed E-state index contributed by atoms with van der Waals surface area (Å²) in [6.07, 6.45) is 1.99. The Morgan fingerprint density at radius 1 is 1.22 bits per heavy atom. The largest absolute Gasteiger partial charge is 0.355 e. The molecule has 0 aromatic carbocycles. The molecular weight excluding hydrogens is 288 g/mol. The molecule has 2 aliphatic heterocycles. The van der Waals surface area contributed by atoms with Gasteiger partial charge in [-0.2, -0.15) is 0 Å². The normalized spacial score (nSPS) is 23.3. The summed E-state index contributed by atoms with van der Waals surface area (Å²) in [7, 11) is 4.29. The average molecular weight is 325 g/mol. The van der Waals surface area contributed by atoms with E-state index >= 15 is 0 Å². The third kappa shape index (κ3) is 4.68. The first-order chi connectivity index (χ1) is 10.9. The van der Waals surface area contributed by atoms with E-state index < -0.39 is 0 Å². The van der Waals surface area contributed by atoms with Gasteiger partial charge in [-0.15, -0.1) is 0 Å². The van der Waals surface area contributed by atoms with Crippen LogP contribution in [0.5, 0.6) is 0 Å². The molecule has 23 heavy (non-hydrogen) atoms. The van der Waals surface area contributed by atoms with Crippen LogP contribution in [0.15, 0.2) is 0 Å². The van der Waals surface area contributed by atoms with E-state index in [2.05, 4.69) is 54.9 Å². The molecule has 1 N–H and O–H groups in total. The first-order valence-electron chi connectivity index (χ1n) is 9.25. The van der Waals surface area contributed by atoms with E-state index in [9.17, 15) is 4.79 Å². The zero-order valence-corrected chi connectivity index (χ0v) is 15.8. The van der Waals surface area contributed by atoms with E-state index in [0.717, 1.165) is 58.7 Å². The lowest BCUT2D eigenvalue weighted by Gasteiger charge is -2.49. The highest BCUT2D eigenvalue weighted by molar-refractivity contribution is 5.83. The van der Waals surface area contributed by atoms with E-state index in [0.29, 0.717) is 12.0 Å². The van der Waals surface area contributed by atoms with Gasteiger partial charge in [-0.25, -0.2) is 0 Å². The van der Waals surface area contributed by atoms with Crippen LogP contribution in [0.4, 0.5) is 0 Å². The Labute approximate surface area is 142 Å². The number of rotatable bonds is 7. The van der Waals surface area contributed by atoms with Gasteiger partial charge in [0.15, 0.2) is 0 Å². The molecule has 2 aliphatic rings. The Hall–Kier alpha value is -0.650. The number of hydrogen-bond acceptors (Lipinski definition) is 4. The Morgan fingerprint density at radius 2 is 1.83 bits per heavy atom. The predicted molar refractivity (Wildman–Crippen MR) is 95.5 cm³/mol. The van der Waals surface area contributed by atoms with Gasteiger partial charge in [0.1, 0.15) is 0 Å². The van der Waals surface area contributed by atoms with E-state index in [1.807, 2.05) is 0 Å². The van der Waals surface area contributed by atoms with Crippen molar-refractivity contribution in [3.63, 3.8) is 0 Å². The molecule has 0 radical (unpaired) electrons. The van der Waals surface area contributed by atoms with Crippen molar-refractivity contribution in [3.8, 4) is 0 Å². The van der Waals surface area contributed by atoms with Crippen LogP contribution in [0.2, 0.25) is 0 Å². The molecule has 5 heteroatoms. The van der Waals surface area contributed by atoms with Crippen LogP contribution >= 0.6 is 0 Å². The number of amides is 1. The zero-order valence-electron chi connectivity index (χ0n) is 15.8. The fourth-order valence-corrected chi connectivity index (χ4v) is 3.66. The molecule has 0 aromatic rings. The number of nitrogens with one attached hydrogen (secondary N) is 1. The highest BCUT2D eigenvalue weighted by Crippen LogP contribution is 2.34. The van der Waals surface area contributed by atoms with Crippen LogP contribution in [0.1, 0.15) is 33.6 Å². The van der Waals surface area contributed by atoms with Gasteiger partial charge >= 0.3 is 0 Å². The second kappa shape index (κ2) is 7.95. The predicted octanol–water partition coefficient (Wildman–Crippen LogP) is 1.11. The van der Waals surface area contributed by atoms with Gasteiger partial charge in [0.25, 0.3) is 0 Å². The molecule has 0 unspecified atom stereocenters. The van der Waals surface area contributed by atoms with Crippen molar-refractivity contribution in [2.45, 2.75) is 39.7 Å². The third-order valence-corrected chi connectivity index (χ3v) is 5.61. The second-order valence-corrected chi connectivity index (χ2v) is 8.13. The molecule has 2 fully saturated rings. The lowest BCUT2D eigenvalue weighted by molar-refractivity contribution is -0.137. The Morgan fingerprint density at radius 3 is 2.30 bits per heavy atom. The summed E-state index contributed by atoms with van der Waals surface area (Å²) in [6.45, 7) is 13.6. The quantitative estimate of drug-likeness (QED) is 0.761. The molecule has 0 saturated carbocycles. The number of likely N-dealkylation sites (N-methyl/N-ethyl adjacent to an activating group) is 1. The zero-order chi connectivity index (χ0) is 17.0. The summed E-state index contributed by atoms with van der Waals surface area (Å²) < 4.78 is 0. The lowest BCUT2D eigenvalue weighted by Crippen LogP contribution is -2.62. The van der Waals surface area contributed by atoms with Crippen molar-refractivity contribution in [1.29, 1.82) is 0 Å². The van der Waals surface area contributed by atoms with Crippen LogP contribution < -0.4 is 5.32 Å². The molecule has 0 atom stereocenters. The first-order valence-corrected chi connectivity index (χ1v) is 9.25. The SMILES string of the molecule is CCN1CCC(CN2CC(N(C)C)C2)(C(=O)NCC(C)C)CC1. The molecule has 5 nitrogen and oxygen atoms in total. The maximum Gasteiger partial charge on any atom is 0.227 e. The fraction of sp³-hybridized carbons (Fsp3) is 0.944. The van der Waals surface area contributed by atoms with Crippen molar-refractivity contribution in [1.82, 2.24) is 20.0 Å². The number of nitrogens with zero attached hydrogens (tertiary/aromatic N) is 3. The van der Waals surface area contributed by atoms with Gasteiger partial charge in [-0.1, -0.05) is 20.8 Å². The molecule has 0 aliphatic carbocycles. The van der Waals surface area contributed by atoms with Gasteiger partial charge < -0.3 is 15.1 Å². The van der Waals surface area contributed by atoms with Gasteiger partial charge in [-0.05, 0) is 52.5 Å². The topological polar surface area (TPSA) is 38.8 Å². The highest BCUT2D eigenvalue weighted by Gasteiger charge is 2.44. The van der Waals surface area contributed by atoms with Crippen molar-refractivity contribution in [2.24, 2.45) is 11.3 Å². The minimum absolute atomic E-state index is 0.183. The van der Waals surface area contributed by atoms with Crippen LogP contribution in [0.25, 0.3) is 0 Å². The number of carbonyl (C=O) groups excluding carboxylic acids is 1. The van der Waals surface area contributed by atoms with Crippen LogP contribution in [-0.4, -0.2) is 86.6 Å². The van der Waals surface area contributed by atoms with Crippen molar-refractivity contribution >= 4 is 5.91 Å². The summed E-state index contributed by atoms with van der Waals surface area (Å²) in [5.74, 6) is 0.795. The smallest absolute Gasteiger partial charge is 0.227 e. The van der Waals surface area contributed by atoms with Gasteiger partial charge in [0.05, 0.1) is 5.41 Å². The molecule has 134 valence electrons. The van der Waals surface area contributed by atoms with Crippen LogP contribution in [-0.2, 0) is 4.79 Å². The van der Waals surface area contributed by atoms with Gasteiger partial charge in [0.2, 0.25) is 5.91 Å². The molecular formula is C18H36N4O. The van der Waals surface area contributed by atoms with Crippen LogP contribution in [0.3, 0.4) is 0 Å². The molecule has 2 heterocycles. The van der Waals surface area contributed by atoms with Crippen LogP contribution in [0, 0.1) is 11.3 Å². The fourth-order valence-electron chi connectivity index (χ4n) is 3.66. The molecule has 2 rings (SSSR count). The maximum atomic E-state index is 12.9. The van der Waals surface area contributed by atoms with Gasteiger partial charge in [-0.3, -0.25) is 9.69 Å². The Kier molecular flexibility index (Phi) is 6.46. The summed E-state index contributed by atoms with van der Waals surface area (Å²) in [5.41, 5.74) is -0.183. The molecule has 0 bridgehead atoms. The minimum Gasteiger partial charge on any atom is -0.355 e. The first kappa shape index (κ1) is 18.7. The van der Waals surface area contributed by atoms with E-state index in [1.54, 1.807) is 0 Å². The van der Waals surface area contributed by atoms with E-state index in [-0.39, 0.29) is 11.3 Å². The molecule has 2 saturated heterocycles. The van der Waals surface area contributed by atoms with Gasteiger partial charge in [0, 0.05) is 32.2 Å². The summed E-state index contributed by atoms with van der Waals surface area (Å²) >= 11 is 0. The molecule has 1 amide bonds. The number of likely N-dealkylation sites (tertiary alicyclic amines) is 2. The summed E-state index contributed by atoms with van der Waals surface area (Å²) in [6, 6.07) is 0.654. The minimum atomic E-state index is -0.183. The van der Waals surface area contributed by atoms with E-state index in [1.165, 1.54) is 0 Å². The highest BCUT2D eigenvalue weighted by atomic mass is 16.2. The summed E-state index contributed by atoms with van der Waals surface area (Å²) in [4.78, 5) is 20.2. The summed E-state index contributed by atoms with van der Waals surface area (Å²) in [5, 5.41) is 3.22. The molecule has 0 spiro atoms. The maximum absolute atomic E-state index is 12.9. The number of piperidine rings is 1. The number of carbonyl (C=O) groups is 1. The monoisotopic (exact) mass is 324 g/mol. The average Bonchev–Trinajstić information content (AvgIpc) is 2.48. The third-order valence-electron chi connectivity index (χ3n) is 5.61. The van der Waals surface area contributed by atoms with E-state index in [4.69, 9.17) is 0 Å². The van der Waals surface area contributed by atoms with Crippen molar-refractivity contribution in [2.75, 3.05) is 59.9 Å². The Bertz CT molecular complexity index is 382. The van der Waals surface area contributed by atoms with Crippen molar-refractivity contribution in [3.05, 3.63) is 0 Å². The number of hydrogen-bond donors (Lipinski definition) is 1. The Balaban J connectivity index is 1.96. The van der Waals surface area contributed by atoms with Crippen molar-refractivity contribution < 1.29 is 4.79 Å². The molecule has 0 aromatic heterocycles. The standard InChI is InChI=1S/C18H36N4O/c1-6-21-9-7-18(8-10-21,17(23)19-11-15(2)3)14-22-12-16(13-22)20(4)5/h15-16H,6-14H2,1-5H3,(H,19,23).